The van der Waals surface area contributed by atoms with Gasteiger partial charge in [-0.25, -0.2) is 0 Å². The van der Waals surface area contributed by atoms with E-state index in [1.54, 1.807) is 0 Å². The second kappa shape index (κ2) is 4.86. The predicted octanol–water partition coefficient (Wildman–Crippen LogP) is 2.11. The van der Waals surface area contributed by atoms with E-state index in [2.05, 4.69) is 26.9 Å². The second-order valence-corrected chi connectivity index (χ2v) is 4.94. The van der Waals surface area contributed by atoms with Gasteiger partial charge in [0.05, 0.1) is 11.3 Å². The Hall–Kier alpha value is -1.05. The zero-order chi connectivity index (χ0) is 11.5. The largest absolute Gasteiger partial charge is 0.370 e. The van der Waals surface area contributed by atoms with Crippen molar-refractivity contribution >= 4 is 21.6 Å². The van der Waals surface area contributed by atoms with Crippen LogP contribution in [0.2, 0.25) is 0 Å². The summed E-state index contributed by atoms with van der Waals surface area (Å²) in [5, 5.41) is 9.15. The van der Waals surface area contributed by atoms with Crippen molar-refractivity contribution in [3.63, 3.8) is 0 Å². The fourth-order valence-electron chi connectivity index (χ4n) is 2.13. The van der Waals surface area contributed by atoms with Crippen LogP contribution in [-0.4, -0.2) is 19.6 Å². The van der Waals surface area contributed by atoms with Gasteiger partial charge in [-0.2, -0.15) is 5.26 Å². The first kappa shape index (κ1) is 11.4. The van der Waals surface area contributed by atoms with Crippen LogP contribution >= 0.6 is 15.9 Å². The lowest BCUT2D eigenvalue weighted by molar-refractivity contribution is 0.602. The topological polar surface area (TPSA) is 53.0 Å². The van der Waals surface area contributed by atoms with Crippen LogP contribution in [0.15, 0.2) is 22.7 Å². The third-order valence-corrected chi connectivity index (χ3v) is 3.72. The monoisotopic (exact) mass is 279 g/mol. The van der Waals surface area contributed by atoms with Gasteiger partial charge < -0.3 is 10.6 Å². The van der Waals surface area contributed by atoms with Gasteiger partial charge >= 0.3 is 0 Å². The summed E-state index contributed by atoms with van der Waals surface area (Å²) in [5.74, 6) is 0.561. The van der Waals surface area contributed by atoms with Gasteiger partial charge in [-0.05, 0) is 46.9 Å². The summed E-state index contributed by atoms with van der Waals surface area (Å²) in [6, 6.07) is 8.13. The number of nitrogens with zero attached hydrogens (tertiary/aromatic N) is 2. The summed E-state index contributed by atoms with van der Waals surface area (Å²) < 4.78 is 0.865. The van der Waals surface area contributed by atoms with Crippen molar-refractivity contribution in [2.75, 3.05) is 24.5 Å². The van der Waals surface area contributed by atoms with Crippen LogP contribution in [0.3, 0.4) is 0 Å². The Morgan fingerprint density at radius 2 is 2.38 bits per heavy atom. The standard InChI is InChI=1S/C12H14BrN3/c13-11-2-1-3-12(10(11)7-15)16-5-4-9(6-14)8-16/h1-3,9H,4-6,8,14H2. The molecule has 2 rings (SSSR count). The molecule has 0 aromatic heterocycles. The molecule has 1 aromatic rings. The molecule has 1 atom stereocenters. The van der Waals surface area contributed by atoms with Crippen LogP contribution in [0.5, 0.6) is 0 Å². The maximum atomic E-state index is 9.15. The van der Waals surface area contributed by atoms with Gasteiger partial charge in [0.1, 0.15) is 6.07 Å². The minimum absolute atomic E-state index is 0.561. The smallest absolute Gasteiger partial charge is 0.103 e. The van der Waals surface area contributed by atoms with Crippen LogP contribution in [0.1, 0.15) is 12.0 Å². The van der Waals surface area contributed by atoms with E-state index in [1.807, 2.05) is 18.2 Å². The van der Waals surface area contributed by atoms with Crippen molar-refractivity contribution in [1.82, 2.24) is 0 Å². The molecule has 1 saturated heterocycles. The molecular formula is C12H14BrN3. The van der Waals surface area contributed by atoms with Crippen molar-refractivity contribution in [1.29, 1.82) is 5.26 Å². The van der Waals surface area contributed by atoms with Crippen LogP contribution in [-0.2, 0) is 0 Å². The quantitative estimate of drug-likeness (QED) is 0.902. The summed E-state index contributed by atoms with van der Waals surface area (Å²) in [7, 11) is 0. The molecule has 0 bridgehead atoms. The van der Waals surface area contributed by atoms with Gasteiger partial charge in [0, 0.05) is 17.6 Å². The molecular weight excluding hydrogens is 266 g/mol. The first-order valence-electron chi connectivity index (χ1n) is 5.40. The van der Waals surface area contributed by atoms with Gasteiger partial charge in [-0.3, -0.25) is 0 Å². The Bertz CT molecular complexity index is 425. The average molecular weight is 280 g/mol. The van der Waals surface area contributed by atoms with Gasteiger partial charge in [-0.1, -0.05) is 6.07 Å². The molecule has 0 spiro atoms. The van der Waals surface area contributed by atoms with E-state index >= 15 is 0 Å². The normalized spacial score (nSPS) is 19.8. The molecule has 0 radical (unpaired) electrons. The number of halogens is 1. The molecule has 1 unspecified atom stereocenters. The molecule has 1 aromatic carbocycles. The molecule has 1 heterocycles. The minimum atomic E-state index is 0.561. The molecule has 16 heavy (non-hydrogen) atoms. The lowest BCUT2D eigenvalue weighted by atomic mass is 10.1. The Balaban J connectivity index is 2.28. The average Bonchev–Trinajstić information content (AvgIpc) is 2.77. The van der Waals surface area contributed by atoms with E-state index < -0.39 is 0 Å². The highest BCUT2D eigenvalue weighted by Crippen LogP contribution is 2.30. The van der Waals surface area contributed by atoms with Gasteiger partial charge in [0.2, 0.25) is 0 Å². The van der Waals surface area contributed by atoms with Crippen LogP contribution in [0.4, 0.5) is 5.69 Å². The summed E-state index contributed by atoms with van der Waals surface area (Å²) in [5.41, 5.74) is 7.42. The number of anilines is 1. The molecule has 4 heteroatoms. The van der Waals surface area contributed by atoms with Crippen LogP contribution in [0.25, 0.3) is 0 Å². The van der Waals surface area contributed by atoms with E-state index in [4.69, 9.17) is 11.0 Å². The molecule has 1 fully saturated rings. The second-order valence-electron chi connectivity index (χ2n) is 4.08. The molecule has 0 aliphatic carbocycles. The van der Waals surface area contributed by atoms with E-state index in [0.29, 0.717) is 5.92 Å². The zero-order valence-corrected chi connectivity index (χ0v) is 10.6. The number of benzene rings is 1. The summed E-state index contributed by atoms with van der Waals surface area (Å²) in [4.78, 5) is 2.25. The maximum Gasteiger partial charge on any atom is 0.103 e. The highest BCUT2D eigenvalue weighted by atomic mass is 79.9. The Kier molecular flexibility index (Phi) is 3.47. The first-order valence-corrected chi connectivity index (χ1v) is 6.19. The fraction of sp³-hybridized carbons (Fsp3) is 0.417. The Morgan fingerprint density at radius 1 is 1.56 bits per heavy atom. The maximum absolute atomic E-state index is 9.15. The van der Waals surface area contributed by atoms with Gasteiger partial charge in [0.25, 0.3) is 0 Å². The summed E-state index contributed by atoms with van der Waals surface area (Å²) >= 11 is 3.41. The van der Waals surface area contributed by atoms with E-state index in [-0.39, 0.29) is 0 Å². The van der Waals surface area contributed by atoms with Crippen LogP contribution < -0.4 is 10.6 Å². The lowest BCUT2D eigenvalue weighted by Gasteiger charge is -2.20. The molecule has 1 aliphatic heterocycles. The van der Waals surface area contributed by atoms with Gasteiger partial charge in [-0.15, -0.1) is 0 Å². The molecule has 84 valence electrons. The minimum Gasteiger partial charge on any atom is -0.370 e. The number of rotatable bonds is 2. The predicted molar refractivity (Wildman–Crippen MR) is 68.2 cm³/mol. The molecule has 0 amide bonds. The number of hydrogen-bond donors (Lipinski definition) is 1. The number of hydrogen-bond acceptors (Lipinski definition) is 3. The van der Waals surface area contributed by atoms with Gasteiger partial charge in [0.15, 0.2) is 0 Å². The molecule has 3 nitrogen and oxygen atoms in total. The third kappa shape index (κ3) is 2.06. The van der Waals surface area contributed by atoms with Crippen molar-refractivity contribution < 1.29 is 0 Å². The lowest BCUT2D eigenvalue weighted by Crippen LogP contribution is -2.23. The van der Waals surface area contributed by atoms with E-state index in [0.717, 1.165) is 41.8 Å². The number of nitriles is 1. The Morgan fingerprint density at radius 3 is 3.00 bits per heavy atom. The Labute approximate surface area is 104 Å². The number of nitrogens with two attached hydrogens (primary N) is 1. The highest BCUT2D eigenvalue weighted by molar-refractivity contribution is 9.10. The molecule has 2 N–H and O–H groups in total. The first-order chi connectivity index (χ1) is 7.76. The van der Waals surface area contributed by atoms with Crippen molar-refractivity contribution in [2.45, 2.75) is 6.42 Å². The third-order valence-electron chi connectivity index (χ3n) is 3.06. The fourth-order valence-corrected chi connectivity index (χ4v) is 2.58. The highest BCUT2D eigenvalue weighted by Gasteiger charge is 2.23. The summed E-state index contributed by atoms with van der Waals surface area (Å²) in [6.45, 7) is 2.68. The molecule has 1 aliphatic rings. The van der Waals surface area contributed by atoms with Crippen LogP contribution in [0, 0.1) is 17.2 Å². The van der Waals surface area contributed by atoms with Crippen molar-refractivity contribution in [3.05, 3.63) is 28.2 Å². The van der Waals surface area contributed by atoms with E-state index in [1.165, 1.54) is 0 Å². The molecule has 0 saturated carbocycles. The van der Waals surface area contributed by atoms with Crippen molar-refractivity contribution in [3.8, 4) is 6.07 Å². The SMILES string of the molecule is N#Cc1c(Br)cccc1N1CCC(CN)C1. The zero-order valence-electron chi connectivity index (χ0n) is 8.99. The van der Waals surface area contributed by atoms with Crippen molar-refractivity contribution in [2.24, 2.45) is 11.7 Å². The summed E-state index contributed by atoms with van der Waals surface area (Å²) in [6.07, 6.45) is 1.12. The van der Waals surface area contributed by atoms with E-state index in [9.17, 15) is 0 Å².